The van der Waals surface area contributed by atoms with Gasteiger partial charge in [0, 0.05) is 20.5 Å². The fraction of sp³-hybridized carbons (Fsp3) is 0.962. The summed E-state index contributed by atoms with van der Waals surface area (Å²) in [6, 6.07) is 0. The van der Waals surface area contributed by atoms with Crippen molar-refractivity contribution in [1.29, 1.82) is 0 Å². The third-order valence-electron chi connectivity index (χ3n) is 10.7. The highest BCUT2D eigenvalue weighted by molar-refractivity contribution is 5.75. The molecule has 0 saturated heterocycles. The molecule has 0 spiro atoms. The highest BCUT2D eigenvalue weighted by Crippen LogP contribution is 2.68. The SMILES string of the molecule is C[C@H](CCC(=O)N(C)C)[C@H]1CCC2C3CC[C@@H]4C[C@H](O)CC[C@]4(C)C3CC[C@@]21C. The van der Waals surface area contributed by atoms with Crippen molar-refractivity contribution in [3.63, 3.8) is 0 Å². The van der Waals surface area contributed by atoms with Gasteiger partial charge in [0.2, 0.25) is 5.91 Å². The van der Waals surface area contributed by atoms with Gasteiger partial charge in [-0.05, 0) is 111 Å². The summed E-state index contributed by atoms with van der Waals surface area (Å²) in [4.78, 5) is 13.9. The van der Waals surface area contributed by atoms with Gasteiger partial charge in [-0.3, -0.25) is 4.79 Å². The van der Waals surface area contributed by atoms with Gasteiger partial charge in [0.05, 0.1) is 6.10 Å². The smallest absolute Gasteiger partial charge is 0.222 e. The molecule has 0 radical (unpaired) electrons. The van der Waals surface area contributed by atoms with E-state index in [1.54, 1.807) is 4.90 Å². The summed E-state index contributed by atoms with van der Waals surface area (Å²) >= 11 is 0. The number of carbonyl (C=O) groups excluding carboxylic acids is 1. The van der Waals surface area contributed by atoms with Crippen LogP contribution in [-0.2, 0) is 4.79 Å². The van der Waals surface area contributed by atoms with E-state index in [-0.39, 0.29) is 12.0 Å². The van der Waals surface area contributed by atoms with Crippen LogP contribution >= 0.6 is 0 Å². The van der Waals surface area contributed by atoms with Crippen LogP contribution in [-0.4, -0.2) is 36.1 Å². The van der Waals surface area contributed by atoms with Gasteiger partial charge in [0.15, 0.2) is 0 Å². The summed E-state index contributed by atoms with van der Waals surface area (Å²) in [5, 5.41) is 10.2. The number of amides is 1. The number of aliphatic hydroxyl groups is 1. The zero-order valence-corrected chi connectivity index (χ0v) is 19.6. The summed E-state index contributed by atoms with van der Waals surface area (Å²) in [5.74, 6) is 5.17. The Morgan fingerprint density at radius 1 is 1.00 bits per heavy atom. The quantitative estimate of drug-likeness (QED) is 0.672. The van der Waals surface area contributed by atoms with E-state index in [4.69, 9.17) is 0 Å². The maximum absolute atomic E-state index is 12.1. The topological polar surface area (TPSA) is 40.5 Å². The number of fused-ring (bicyclic) bond motifs is 5. The number of rotatable bonds is 4. The molecule has 29 heavy (non-hydrogen) atoms. The molecule has 4 rings (SSSR count). The first kappa shape index (κ1) is 21.7. The van der Waals surface area contributed by atoms with E-state index in [2.05, 4.69) is 20.8 Å². The molecule has 3 unspecified atom stereocenters. The molecular formula is C26H45NO2. The molecule has 0 aromatic carbocycles. The number of hydrogen-bond donors (Lipinski definition) is 1. The van der Waals surface area contributed by atoms with Gasteiger partial charge >= 0.3 is 0 Å². The average molecular weight is 404 g/mol. The monoisotopic (exact) mass is 403 g/mol. The summed E-state index contributed by atoms with van der Waals surface area (Å²) in [6.45, 7) is 7.63. The lowest BCUT2D eigenvalue weighted by Gasteiger charge is -2.61. The highest BCUT2D eigenvalue weighted by Gasteiger charge is 2.60. The lowest BCUT2D eigenvalue weighted by Crippen LogP contribution is -2.54. The molecule has 4 saturated carbocycles. The fourth-order valence-electron chi connectivity index (χ4n) is 8.99. The molecule has 3 heteroatoms. The second-order valence-corrected chi connectivity index (χ2v) is 12.1. The molecule has 1 N–H and O–H groups in total. The van der Waals surface area contributed by atoms with Crippen LogP contribution in [0.1, 0.15) is 91.4 Å². The number of carbonyl (C=O) groups is 1. The first-order chi connectivity index (χ1) is 13.7. The van der Waals surface area contributed by atoms with Gasteiger partial charge in [0.1, 0.15) is 0 Å². The van der Waals surface area contributed by atoms with E-state index in [1.807, 2.05) is 14.1 Å². The third kappa shape index (κ3) is 3.58. The van der Waals surface area contributed by atoms with E-state index < -0.39 is 0 Å². The molecule has 9 atom stereocenters. The minimum atomic E-state index is -0.0416. The average Bonchev–Trinajstić information content (AvgIpc) is 3.03. The normalized spacial score (nSPS) is 47.7. The summed E-state index contributed by atoms with van der Waals surface area (Å²) in [5.41, 5.74) is 0.963. The van der Waals surface area contributed by atoms with Crippen molar-refractivity contribution in [3.05, 3.63) is 0 Å². The maximum atomic E-state index is 12.1. The van der Waals surface area contributed by atoms with Crippen molar-refractivity contribution >= 4 is 5.91 Å². The van der Waals surface area contributed by atoms with Crippen molar-refractivity contribution in [2.75, 3.05) is 14.1 Å². The second-order valence-electron chi connectivity index (χ2n) is 12.1. The van der Waals surface area contributed by atoms with Gasteiger partial charge in [-0.2, -0.15) is 0 Å². The Morgan fingerprint density at radius 2 is 1.69 bits per heavy atom. The highest BCUT2D eigenvalue weighted by atomic mass is 16.3. The van der Waals surface area contributed by atoms with E-state index >= 15 is 0 Å². The Bertz CT molecular complexity index is 618. The van der Waals surface area contributed by atoms with E-state index in [1.165, 1.54) is 44.9 Å². The predicted molar refractivity (Wildman–Crippen MR) is 118 cm³/mol. The lowest BCUT2D eigenvalue weighted by atomic mass is 9.44. The van der Waals surface area contributed by atoms with Crippen LogP contribution in [0.4, 0.5) is 0 Å². The van der Waals surface area contributed by atoms with Crippen LogP contribution in [0.2, 0.25) is 0 Å². The molecule has 3 nitrogen and oxygen atoms in total. The standard InChI is InChI=1S/C26H45NO2/c1-17(6-11-24(29)27(4)5)21-9-10-22-20-8-7-18-16-19(28)12-14-25(18,2)23(20)13-15-26(21,22)3/h17-23,28H,6-16H2,1-5H3/t17-,18-,19-,20?,21-,22?,23?,25+,26-/m1/s1. The Labute approximate surface area is 179 Å². The Balaban J connectivity index is 1.46. The Kier molecular flexibility index (Phi) is 5.86. The third-order valence-corrected chi connectivity index (χ3v) is 10.7. The molecule has 1 amide bonds. The van der Waals surface area contributed by atoms with Crippen molar-refractivity contribution in [2.24, 2.45) is 46.3 Å². The van der Waals surface area contributed by atoms with Gasteiger partial charge in [0.25, 0.3) is 0 Å². The molecule has 4 aliphatic carbocycles. The molecule has 4 aliphatic rings. The van der Waals surface area contributed by atoms with Gasteiger partial charge in [-0.15, -0.1) is 0 Å². The zero-order valence-electron chi connectivity index (χ0n) is 19.6. The molecule has 4 fully saturated rings. The Hall–Kier alpha value is -0.570. The summed E-state index contributed by atoms with van der Waals surface area (Å²) < 4.78 is 0. The second kappa shape index (κ2) is 7.84. The minimum Gasteiger partial charge on any atom is -0.393 e. The Morgan fingerprint density at radius 3 is 2.41 bits per heavy atom. The predicted octanol–water partition coefficient (Wildman–Crippen LogP) is 5.51. The van der Waals surface area contributed by atoms with Crippen molar-refractivity contribution in [1.82, 2.24) is 4.90 Å². The van der Waals surface area contributed by atoms with E-state index in [0.717, 1.165) is 48.9 Å². The van der Waals surface area contributed by atoms with Crippen molar-refractivity contribution in [2.45, 2.75) is 97.5 Å². The van der Waals surface area contributed by atoms with Gasteiger partial charge < -0.3 is 10.0 Å². The van der Waals surface area contributed by atoms with Gasteiger partial charge in [-0.1, -0.05) is 20.8 Å². The largest absolute Gasteiger partial charge is 0.393 e. The van der Waals surface area contributed by atoms with Gasteiger partial charge in [-0.25, -0.2) is 0 Å². The minimum absolute atomic E-state index is 0.0416. The number of hydrogen-bond acceptors (Lipinski definition) is 2. The van der Waals surface area contributed by atoms with E-state index in [9.17, 15) is 9.90 Å². The van der Waals surface area contributed by atoms with Crippen molar-refractivity contribution < 1.29 is 9.90 Å². The fourth-order valence-corrected chi connectivity index (χ4v) is 8.99. The van der Waals surface area contributed by atoms with Crippen LogP contribution in [0, 0.1) is 46.3 Å². The molecule has 0 aliphatic heterocycles. The van der Waals surface area contributed by atoms with Crippen LogP contribution in [0.3, 0.4) is 0 Å². The maximum Gasteiger partial charge on any atom is 0.222 e. The lowest BCUT2D eigenvalue weighted by molar-refractivity contribution is -0.131. The molecular weight excluding hydrogens is 358 g/mol. The summed E-state index contributed by atoms with van der Waals surface area (Å²) in [6.07, 6.45) is 13.4. The summed E-state index contributed by atoms with van der Waals surface area (Å²) in [7, 11) is 3.75. The molecule has 166 valence electrons. The zero-order chi connectivity index (χ0) is 21.0. The number of nitrogens with zero attached hydrogens (tertiary/aromatic N) is 1. The first-order valence-corrected chi connectivity index (χ1v) is 12.5. The van der Waals surface area contributed by atoms with Crippen LogP contribution in [0.5, 0.6) is 0 Å². The van der Waals surface area contributed by atoms with Crippen LogP contribution < -0.4 is 0 Å². The number of aliphatic hydroxyl groups excluding tert-OH is 1. The molecule has 0 aromatic heterocycles. The van der Waals surface area contributed by atoms with Crippen LogP contribution in [0.15, 0.2) is 0 Å². The molecule has 0 aromatic rings. The van der Waals surface area contributed by atoms with E-state index in [0.29, 0.717) is 23.2 Å². The van der Waals surface area contributed by atoms with Crippen molar-refractivity contribution in [3.8, 4) is 0 Å². The van der Waals surface area contributed by atoms with Crippen LogP contribution in [0.25, 0.3) is 0 Å². The first-order valence-electron chi connectivity index (χ1n) is 12.5. The molecule has 0 heterocycles. The molecule has 0 bridgehead atoms.